The molecule has 8 heteroatoms. The molecule has 0 spiro atoms. The number of hydrogen-bond acceptors (Lipinski definition) is 6. The zero-order chi connectivity index (χ0) is 23.6. The van der Waals surface area contributed by atoms with Gasteiger partial charge in [-0.2, -0.15) is 0 Å². The summed E-state index contributed by atoms with van der Waals surface area (Å²) in [4.78, 5) is 28.7. The predicted octanol–water partition coefficient (Wildman–Crippen LogP) is 2.13. The van der Waals surface area contributed by atoms with Crippen LogP contribution in [0, 0.1) is 0 Å². The number of rotatable bonds is 8. The van der Waals surface area contributed by atoms with E-state index < -0.39 is 0 Å². The van der Waals surface area contributed by atoms with Gasteiger partial charge in [-0.1, -0.05) is 36.4 Å². The minimum Gasteiger partial charge on any atom is -0.504 e. The van der Waals surface area contributed by atoms with Gasteiger partial charge >= 0.3 is 0 Å². The zero-order valence-corrected chi connectivity index (χ0v) is 18.7. The molecule has 0 aromatic heterocycles. The van der Waals surface area contributed by atoms with Gasteiger partial charge in [-0.15, -0.1) is 0 Å². The Hall–Kier alpha value is -3.78. The second-order valence-electron chi connectivity index (χ2n) is 7.66. The number of nitrogens with zero attached hydrogens (tertiary/aromatic N) is 2. The molecule has 1 aliphatic rings. The third kappa shape index (κ3) is 6.85. The maximum Gasteiger partial charge on any atom is 0.256 e. The SMILES string of the molecule is COc1cc(C=CC=CC(=O)NCCN2CCN(C(=O)c3ccccc3N)CC2)ccc1O. The Kier molecular flexibility index (Phi) is 8.49. The van der Waals surface area contributed by atoms with E-state index in [9.17, 15) is 14.7 Å². The maximum absolute atomic E-state index is 12.6. The molecular formula is C25H30N4O4. The summed E-state index contributed by atoms with van der Waals surface area (Å²) < 4.78 is 5.07. The molecule has 0 radical (unpaired) electrons. The molecule has 1 aliphatic heterocycles. The number of para-hydroxylation sites is 1. The van der Waals surface area contributed by atoms with Crippen LogP contribution in [-0.4, -0.2) is 73.1 Å². The highest BCUT2D eigenvalue weighted by Crippen LogP contribution is 2.26. The van der Waals surface area contributed by atoms with Crippen LogP contribution in [0.25, 0.3) is 6.08 Å². The third-order valence-corrected chi connectivity index (χ3v) is 5.43. The minimum atomic E-state index is -0.170. The van der Waals surface area contributed by atoms with Gasteiger partial charge in [0.2, 0.25) is 5.91 Å². The summed E-state index contributed by atoms with van der Waals surface area (Å²) in [6.07, 6.45) is 6.69. The van der Waals surface area contributed by atoms with Crippen LogP contribution in [0.1, 0.15) is 15.9 Å². The number of benzene rings is 2. The lowest BCUT2D eigenvalue weighted by Crippen LogP contribution is -2.50. The Morgan fingerprint density at radius 3 is 2.61 bits per heavy atom. The lowest BCUT2D eigenvalue weighted by atomic mass is 10.1. The first-order chi connectivity index (χ1) is 16.0. The number of phenolic OH excluding ortho intramolecular Hbond substituents is 1. The van der Waals surface area contributed by atoms with Gasteiger partial charge in [-0.25, -0.2) is 0 Å². The summed E-state index contributed by atoms with van der Waals surface area (Å²) in [6.45, 7) is 4.02. The van der Waals surface area contributed by atoms with Crippen LogP contribution in [0.3, 0.4) is 0 Å². The predicted molar refractivity (Wildman–Crippen MR) is 129 cm³/mol. The fraction of sp³-hybridized carbons (Fsp3) is 0.280. The Labute approximate surface area is 193 Å². The van der Waals surface area contributed by atoms with Crippen molar-refractivity contribution in [2.75, 3.05) is 52.1 Å². The maximum atomic E-state index is 12.6. The van der Waals surface area contributed by atoms with Gasteiger partial charge in [0, 0.05) is 51.0 Å². The Morgan fingerprint density at radius 2 is 1.88 bits per heavy atom. The summed E-state index contributed by atoms with van der Waals surface area (Å²) in [7, 11) is 1.49. The van der Waals surface area contributed by atoms with Crippen molar-refractivity contribution in [1.29, 1.82) is 0 Å². The van der Waals surface area contributed by atoms with Crippen molar-refractivity contribution < 1.29 is 19.4 Å². The second-order valence-corrected chi connectivity index (χ2v) is 7.66. The summed E-state index contributed by atoms with van der Waals surface area (Å²) >= 11 is 0. The van der Waals surface area contributed by atoms with Crippen molar-refractivity contribution in [2.45, 2.75) is 0 Å². The molecule has 174 valence electrons. The number of methoxy groups -OCH3 is 1. The van der Waals surface area contributed by atoms with Gasteiger partial charge in [-0.3, -0.25) is 14.5 Å². The first-order valence-electron chi connectivity index (χ1n) is 10.8. The van der Waals surface area contributed by atoms with E-state index in [1.165, 1.54) is 13.2 Å². The molecule has 0 atom stereocenters. The number of carbonyl (C=O) groups is 2. The average molecular weight is 451 g/mol. The number of allylic oxidation sites excluding steroid dienone is 2. The molecule has 2 amide bonds. The number of nitrogens with one attached hydrogen (secondary N) is 1. The third-order valence-electron chi connectivity index (χ3n) is 5.43. The number of piperazine rings is 1. The topological polar surface area (TPSA) is 108 Å². The van der Waals surface area contributed by atoms with E-state index in [0.717, 1.165) is 25.2 Å². The van der Waals surface area contributed by atoms with Crippen LogP contribution in [0.4, 0.5) is 5.69 Å². The van der Waals surface area contributed by atoms with Gasteiger partial charge < -0.3 is 25.8 Å². The first-order valence-corrected chi connectivity index (χ1v) is 10.8. The normalized spacial score (nSPS) is 14.6. The molecule has 1 heterocycles. The van der Waals surface area contributed by atoms with Crippen LogP contribution >= 0.6 is 0 Å². The Balaban J connectivity index is 1.36. The zero-order valence-electron chi connectivity index (χ0n) is 18.7. The van der Waals surface area contributed by atoms with Crippen LogP contribution in [0.15, 0.2) is 60.7 Å². The molecule has 2 aromatic rings. The molecule has 1 fully saturated rings. The molecule has 2 aromatic carbocycles. The number of ether oxygens (including phenoxy) is 1. The standard InChI is InChI=1S/C25H30N4O4/c1-33-23-18-19(10-11-22(23)30)6-2-5-9-24(31)27-12-13-28-14-16-29(17-15-28)25(32)20-7-3-4-8-21(20)26/h2-11,18,30H,12-17,26H2,1H3,(H,27,31). The average Bonchev–Trinajstić information content (AvgIpc) is 2.83. The summed E-state index contributed by atoms with van der Waals surface area (Å²) in [5.74, 6) is 0.271. The van der Waals surface area contributed by atoms with Gasteiger partial charge in [0.05, 0.1) is 12.7 Å². The number of hydrogen-bond donors (Lipinski definition) is 3. The van der Waals surface area contributed by atoms with Crippen molar-refractivity contribution in [3.8, 4) is 11.5 Å². The quantitative estimate of drug-likeness (QED) is 0.323. The smallest absolute Gasteiger partial charge is 0.256 e. The molecule has 0 bridgehead atoms. The molecule has 33 heavy (non-hydrogen) atoms. The Morgan fingerprint density at radius 1 is 1.12 bits per heavy atom. The van der Waals surface area contributed by atoms with Crippen molar-refractivity contribution in [2.24, 2.45) is 0 Å². The van der Waals surface area contributed by atoms with E-state index in [-0.39, 0.29) is 17.6 Å². The number of amides is 2. The number of nitrogens with two attached hydrogens (primary N) is 1. The fourth-order valence-electron chi connectivity index (χ4n) is 3.54. The first kappa shape index (κ1) is 23.9. The number of aromatic hydroxyl groups is 1. The molecule has 4 N–H and O–H groups in total. The molecule has 0 saturated carbocycles. The second kappa shape index (κ2) is 11.7. The van der Waals surface area contributed by atoms with Crippen molar-refractivity contribution in [3.05, 3.63) is 71.8 Å². The largest absolute Gasteiger partial charge is 0.504 e. The molecule has 0 aliphatic carbocycles. The van der Waals surface area contributed by atoms with Gasteiger partial charge in [-0.05, 0) is 29.8 Å². The lowest BCUT2D eigenvalue weighted by molar-refractivity contribution is -0.116. The summed E-state index contributed by atoms with van der Waals surface area (Å²) in [6, 6.07) is 12.1. The van der Waals surface area contributed by atoms with E-state index in [4.69, 9.17) is 10.5 Å². The van der Waals surface area contributed by atoms with Crippen molar-refractivity contribution in [3.63, 3.8) is 0 Å². The number of phenols is 1. The summed E-state index contributed by atoms with van der Waals surface area (Å²) in [5, 5.41) is 12.5. The monoisotopic (exact) mass is 450 g/mol. The van der Waals surface area contributed by atoms with Crippen molar-refractivity contribution in [1.82, 2.24) is 15.1 Å². The highest BCUT2D eigenvalue weighted by molar-refractivity contribution is 5.99. The Bertz CT molecular complexity index is 1030. The highest BCUT2D eigenvalue weighted by Gasteiger charge is 2.22. The van der Waals surface area contributed by atoms with E-state index >= 15 is 0 Å². The van der Waals surface area contributed by atoms with Crippen LogP contribution < -0.4 is 15.8 Å². The number of nitrogen functional groups attached to an aromatic ring is 1. The summed E-state index contributed by atoms with van der Waals surface area (Å²) in [5.41, 5.74) is 7.81. The van der Waals surface area contributed by atoms with E-state index in [2.05, 4.69) is 10.2 Å². The highest BCUT2D eigenvalue weighted by atomic mass is 16.5. The van der Waals surface area contributed by atoms with Gasteiger partial charge in [0.1, 0.15) is 0 Å². The van der Waals surface area contributed by atoms with Crippen LogP contribution in [-0.2, 0) is 4.79 Å². The molecule has 1 saturated heterocycles. The van der Waals surface area contributed by atoms with Crippen LogP contribution in [0.2, 0.25) is 0 Å². The minimum absolute atomic E-state index is 0.0370. The van der Waals surface area contributed by atoms with Crippen LogP contribution in [0.5, 0.6) is 11.5 Å². The van der Waals surface area contributed by atoms with E-state index in [0.29, 0.717) is 36.6 Å². The molecule has 3 rings (SSSR count). The fourth-order valence-corrected chi connectivity index (χ4v) is 3.54. The van der Waals surface area contributed by atoms with Crippen molar-refractivity contribution >= 4 is 23.6 Å². The van der Waals surface area contributed by atoms with Gasteiger partial charge in [0.25, 0.3) is 5.91 Å². The molecule has 0 unspecified atom stereocenters. The molecular weight excluding hydrogens is 420 g/mol. The van der Waals surface area contributed by atoms with Gasteiger partial charge in [0.15, 0.2) is 11.5 Å². The molecule has 8 nitrogen and oxygen atoms in total. The van der Waals surface area contributed by atoms with E-state index in [1.54, 1.807) is 42.5 Å². The van der Waals surface area contributed by atoms with E-state index in [1.807, 2.05) is 23.1 Å². The lowest BCUT2D eigenvalue weighted by Gasteiger charge is -2.34. The number of anilines is 1. The number of carbonyl (C=O) groups excluding carboxylic acids is 2.